The number of aromatic carboxylic acids is 1. The molecule has 0 aliphatic rings. The van der Waals surface area contributed by atoms with Crippen molar-refractivity contribution in [3.63, 3.8) is 0 Å². The monoisotopic (exact) mass is 356 g/mol. The van der Waals surface area contributed by atoms with Crippen LogP contribution in [0.2, 0.25) is 0 Å². The standard InChI is InChI=1S/C22H28O4/c1-16(2)6-4-8-18(15-23)9-5-7-17(3)10-11-19-14-20(24)12-13-21(19)22(25)26/h6,9-10,12-15,24H,4-5,7-8,11H2,1-3H3,(H,25,26). The zero-order chi connectivity index (χ0) is 19.5. The fraction of sp³-hybridized carbons (Fsp3) is 0.364. The van der Waals surface area contributed by atoms with Gasteiger partial charge in [-0.1, -0.05) is 29.4 Å². The van der Waals surface area contributed by atoms with Gasteiger partial charge < -0.3 is 10.2 Å². The number of carbonyl (C=O) groups excluding carboxylic acids is 1. The Balaban J connectivity index is 2.62. The summed E-state index contributed by atoms with van der Waals surface area (Å²) >= 11 is 0. The Bertz CT molecular complexity index is 720. The molecule has 2 N–H and O–H groups in total. The summed E-state index contributed by atoms with van der Waals surface area (Å²) in [6, 6.07) is 4.28. The largest absolute Gasteiger partial charge is 0.508 e. The van der Waals surface area contributed by atoms with Gasteiger partial charge in [0.1, 0.15) is 12.0 Å². The van der Waals surface area contributed by atoms with E-state index in [2.05, 4.69) is 6.08 Å². The zero-order valence-corrected chi connectivity index (χ0v) is 15.8. The molecule has 1 rings (SSSR count). The smallest absolute Gasteiger partial charge is 0.335 e. The summed E-state index contributed by atoms with van der Waals surface area (Å²) in [4.78, 5) is 22.4. The van der Waals surface area contributed by atoms with E-state index in [0.717, 1.165) is 43.1 Å². The van der Waals surface area contributed by atoms with E-state index in [-0.39, 0.29) is 11.3 Å². The van der Waals surface area contributed by atoms with Crippen molar-refractivity contribution in [3.8, 4) is 5.75 Å². The molecule has 0 amide bonds. The highest BCUT2D eigenvalue weighted by Gasteiger charge is 2.09. The van der Waals surface area contributed by atoms with Crippen LogP contribution in [-0.4, -0.2) is 22.5 Å². The van der Waals surface area contributed by atoms with E-state index in [1.807, 2.05) is 32.9 Å². The van der Waals surface area contributed by atoms with Gasteiger partial charge in [0.15, 0.2) is 0 Å². The average Bonchev–Trinajstić information content (AvgIpc) is 2.58. The van der Waals surface area contributed by atoms with Crippen LogP contribution in [0, 0.1) is 0 Å². The maximum atomic E-state index is 11.2. The molecule has 4 heteroatoms. The van der Waals surface area contributed by atoms with Crippen LogP contribution in [0.3, 0.4) is 0 Å². The SMILES string of the molecule is CC(C)=CCCC(C=O)=CCCC(C)=CCc1cc(O)ccc1C(=O)O. The Labute approximate surface area is 155 Å². The van der Waals surface area contributed by atoms with Crippen LogP contribution in [0.15, 0.2) is 53.1 Å². The van der Waals surface area contributed by atoms with Gasteiger partial charge in [0.05, 0.1) is 5.56 Å². The molecule has 0 aliphatic carbocycles. The third-order valence-corrected chi connectivity index (χ3v) is 4.07. The first-order valence-corrected chi connectivity index (χ1v) is 8.82. The van der Waals surface area contributed by atoms with Gasteiger partial charge in [-0.3, -0.25) is 4.79 Å². The highest BCUT2D eigenvalue weighted by atomic mass is 16.4. The molecule has 1 aromatic carbocycles. The maximum Gasteiger partial charge on any atom is 0.335 e. The van der Waals surface area contributed by atoms with E-state index in [0.29, 0.717) is 12.0 Å². The molecule has 0 unspecified atom stereocenters. The molecular formula is C22H28O4. The average molecular weight is 356 g/mol. The molecule has 0 fully saturated rings. The number of carboxylic acids is 1. The first kappa shape index (κ1) is 21.4. The number of phenolic OH excluding ortho intramolecular Hbond substituents is 1. The fourth-order valence-corrected chi connectivity index (χ4v) is 2.57. The highest BCUT2D eigenvalue weighted by molar-refractivity contribution is 5.89. The van der Waals surface area contributed by atoms with Crippen LogP contribution in [0.5, 0.6) is 5.75 Å². The first-order valence-electron chi connectivity index (χ1n) is 8.82. The Morgan fingerprint density at radius 3 is 2.35 bits per heavy atom. The van der Waals surface area contributed by atoms with Gasteiger partial charge in [-0.15, -0.1) is 0 Å². The van der Waals surface area contributed by atoms with E-state index < -0.39 is 5.97 Å². The van der Waals surface area contributed by atoms with Gasteiger partial charge in [0.25, 0.3) is 0 Å². The van der Waals surface area contributed by atoms with Crippen molar-refractivity contribution < 1.29 is 19.8 Å². The van der Waals surface area contributed by atoms with Gasteiger partial charge in [-0.25, -0.2) is 4.79 Å². The Hall–Kier alpha value is -2.62. The summed E-state index contributed by atoms with van der Waals surface area (Å²) in [5.41, 5.74) is 3.98. The number of aromatic hydroxyl groups is 1. The third-order valence-electron chi connectivity index (χ3n) is 4.07. The second-order valence-electron chi connectivity index (χ2n) is 6.66. The van der Waals surface area contributed by atoms with Crippen LogP contribution < -0.4 is 0 Å². The lowest BCUT2D eigenvalue weighted by molar-refractivity contribution is -0.105. The molecule has 0 radical (unpaired) electrons. The maximum absolute atomic E-state index is 11.2. The lowest BCUT2D eigenvalue weighted by Gasteiger charge is -2.05. The molecule has 0 spiro atoms. The van der Waals surface area contributed by atoms with Gasteiger partial charge in [0, 0.05) is 0 Å². The number of rotatable bonds is 10. The quantitative estimate of drug-likeness (QED) is 0.342. The van der Waals surface area contributed by atoms with Crippen molar-refractivity contribution in [2.24, 2.45) is 0 Å². The van der Waals surface area contributed by atoms with Crippen molar-refractivity contribution in [1.82, 2.24) is 0 Å². The molecule has 140 valence electrons. The summed E-state index contributed by atoms with van der Waals surface area (Å²) in [7, 11) is 0. The third kappa shape index (κ3) is 7.97. The van der Waals surface area contributed by atoms with Gasteiger partial charge >= 0.3 is 5.97 Å². The van der Waals surface area contributed by atoms with E-state index >= 15 is 0 Å². The van der Waals surface area contributed by atoms with Gasteiger partial charge in [-0.05, 0) is 82.2 Å². The van der Waals surface area contributed by atoms with E-state index in [1.54, 1.807) is 0 Å². The minimum Gasteiger partial charge on any atom is -0.508 e. The number of aldehydes is 1. The summed E-state index contributed by atoms with van der Waals surface area (Å²) in [5, 5.41) is 18.8. The molecule has 0 bridgehead atoms. The zero-order valence-electron chi connectivity index (χ0n) is 15.8. The molecule has 0 saturated carbocycles. The van der Waals surface area contributed by atoms with E-state index in [1.165, 1.54) is 23.8 Å². The Morgan fingerprint density at radius 1 is 1.04 bits per heavy atom. The predicted molar refractivity (Wildman–Crippen MR) is 105 cm³/mol. The van der Waals surface area contributed by atoms with Crippen molar-refractivity contribution in [2.45, 2.75) is 52.9 Å². The summed E-state index contributed by atoms with van der Waals surface area (Å²) in [6.45, 7) is 6.07. The number of allylic oxidation sites excluding steroid dienone is 6. The molecule has 4 nitrogen and oxygen atoms in total. The topological polar surface area (TPSA) is 74.6 Å². The van der Waals surface area contributed by atoms with Crippen molar-refractivity contribution >= 4 is 12.3 Å². The van der Waals surface area contributed by atoms with E-state index in [9.17, 15) is 19.8 Å². The highest BCUT2D eigenvalue weighted by Crippen LogP contribution is 2.19. The second-order valence-corrected chi connectivity index (χ2v) is 6.66. The lowest BCUT2D eigenvalue weighted by Crippen LogP contribution is -2.01. The minimum atomic E-state index is -0.999. The first-order chi connectivity index (χ1) is 12.3. The van der Waals surface area contributed by atoms with Crippen LogP contribution >= 0.6 is 0 Å². The summed E-state index contributed by atoms with van der Waals surface area (Å²) < 4.78 is 0. The van der Waals surface area contributed by atoms with Crippen molar-refractivity contribution in [1.29, 1.82) is 0 Å². The minimum absolute atomic E-state index is 0.0611. The molecular weight excluding hydrogens is 328 g/mol. The number of carboxylic acid groups (broad SMARTS) is 1. The number of hydrogen-bond acceptors (Lipinski definition) is 3. The second kappa shape index (κ2) is 11.1. The normalized spacial score (nSPS) is 12.0. The van der Waals surface area contributed by atoms with Gasteiger partial charge in [-0.2, -0.15) is 0 Å². The van der Waals surface area contributed by atoms with Gasteiger partial charge in [0.2, 0.25) is 0 Å². The molecule has 0 heterocycles. The van der Waals surface area contributed by atoms with Crippen LogP contribution in [-0.2, 0) is 11.2 Å². The van der Waals surface area contributed by atoms with Crippen LogP contribution in [0.4, 0.5) is 0 Å². The fourth-order valence-electron chi connectivity index (χ4n) is 2.57. The van der Waals surface area contributed by atoms with E-state index in [4.69, 9.17) is 0 Å². The Kier molecular flexibility index (Phi) is 9.13. The Morgan fingerprint density at radius 2 is 1.73 bits per heavy atom. The van der Waals surface area contributed by atoms with Crippen LogP contribution in [0.1, 0.15) is 62.4 Å². The number of hydrogen-bond donors (Lipinski definition) is 2. The summed E-state index contributed by atoms with van der Waals surface area (Å²) in [5.74, 6) is -0.938. The number of benzene rings is 1. The molecule has 26 heavy (non-hydrogen) atoms. The molecule has 0 saturated heterocycles. The summed E-state index contributed by atoms with van der Waals surface area (Å²) in [6.07, 6.45) is 10.6. The van der Waals surface area contributed by atoms with Crippen LogP contribution in [0.25, 0.3) is 0 Å². The van der Waals surface area contributed by atoms with Crippen molar-refractivity contribution in [3.05, 3.63) is 64.3 Å². The number of carbonyl (C=O) groups is 2. The lowest BCUT2D eigenvalue weighted by atomic mass is 10.0. The molecule has 0 aromatic heterocycles. The molecule has 1 aromatic rings. The molecule has 0 atom stereocenters. The van der Waals surface area contributed by atoms with Crippen molar-refractivity contribution in [2.75, 3.05) is 0 Å². The number of phenols is 1. The predicted octanol–water partition coefficient (Wildman–Crippen LogP) is 5.23. The molecule has 0 aliphatic heterocycles.